The van der Waals surface area contributed by atoms with Gasteiger partial charge in [0.1, 0.15) is 0 Å². The summed E-state index contributed by atoms with van der Waals surface area (Å²) in [5, 5.41) is 0. The zero-order chi connectivity index (χ0) is 21.0. The maximum Gasteiger partial charge on any atom is 0.311 e. The van der Waals surface area contributed by atoms with E-state index in [-0.39, 0.29) is 22.4 Å². The average molecular weight is 411 g/mol. The molecule has 5 nitrogen and oxygen atoms in total. The first-order valence-electron chi connectivity index (χ1n) is 10.2. The molecule has 1 aromatic carbocycles. The van der Waals surface area contributed by atoms with Crippen LogP contribution in [0.2, 0.25) is 0 Å². The number of carbonyl (C=O) groups excluding carboxylic acids is 1. The Hall–Kier alpha value is -1.40. The summed E-state index contributed by atoms with van der Waals surface area (Å²) in [7, 11) is -2.34. The Morgan fingerprint density at radius 1 is 1.07 bits per heavy atom. The number of benzene rings is 1. The predicted molar refractivity (Wildman–Crippen MR) is 110 cm³/mol. The molecule has 0 bridgehead atoms. The van der Waals surface area contributed by atoms with Gasteiger partial charge < -0.3 is 4.74 Å². The van der Waals surface area contributed by atoms with E-state index in [4.69, 9.17) is 8.92 Å². The first-order chi connectivity index (χ1) is 13.0. The lowest BCUT2D eigenvalue weighted by Crippen LogP contribution is -2.35. The number of hydrogen-bond donors (Lipinski definition) is 0. The Labute approximate surface area is 169 Å². The molecule has 0 amide bonds. The molecule has 158 valence electrons. The third-order valence-corrected chi connectivity index (χ3v) is 7.41. The van der Waals surface area contributed by atoms with E-state index in [1.165, 1.54) is 7.11 Å². The van der Waals surface area contributed by atoms with Crippen LogP contribution >= 0.6 is 0 Å². The molecule has 1 saturated carbocycles. The van der Waals surface area contributed by atoms with Gasteiger partial charge in [-0.3, -0.25) is 8.98 Å². The maximum absolute atomic E-state index is 12.6. The molecule has 6 heteroatoms. The second-order valence-electron chi connectivity index (χ2n) is 8.80. The normalized spacial score (nSPS) is 18.5. The van der Waals surface area contributed by atoms with Crippen molar-refractivity contribution in [3.05, 3.63) is 29.8 Å². The number of hydrogen-bond acceptors (Lipinski definition) is 5. The molecule has 1 aliphatic carbocycles. The van der Waals surface area contributed by atoms with Crippen molar-refractivity contribution < 1.29 is 22.1 Å². The van der Waals surface area contributed by atoms with Crippen LogP contribution in [0.1, 0.15) is 78.2 Å². The number of carbonyl (C=O) groups is 1. The fourth-order valence-corrected chi connectivity index (χ4v) is 5.27. The van der Waals surface area contributed by atoms with Crippen molar-refractivity contribution in [2.75, 3.05) is 7.11 Å². The number of rotatable bonds is 8. The highest BCUT2D eigenvalue weighted by Crippen LogP contribution is 2.40. The topological polar surface area (TPSA) is 69.7 Å². The Morgan fingerprint density at radius 2 is 1.64 bits per heavy atom. The number of methoxy groups -OCH3 is 1. The summed E-state index contributed by atoms with van der Waals surface area (Å²) in [5.74, 6) is -0.219. The van der Waals surface area contributed by atoms with Gasteiger partial charge in [-0.15, -0.1) is 0 Å². The molecule has 1 aromatic rings. The van der Waals surface area contributed by atoms with E-state index in [2.05, 4.69) is 13.8 Å². The van der Waals surface area contributed by atoms with Gasteiger partial charge in [0, 0.05) is 0 Å². The number of esters is 1. The van der Waals surface area contributed by atoms with E-state index < -0.39 is 15.5 Å². The van der Waals surface area contributed by atoms with Crippen molar-refractivity contribution in [2.45, 2.75) is 89.1 Å². The van der Waals surface area contributed by atoms with E-state index >= 15 is 0 Å². The minimum absolute atomic E-state index is 0.184. The summed E-state index contributed by atoms with van der Waals surface area (Å²) in [6, 6.07) is 6.86. The maximum atomic E-state index is 12.6. The minimum atomic E-state index is -3.75. The fourth-order valence-electron chi connectivity index (χ4n) is 4.13. The van der Waals surface area contributed by atoms with Crippen LogP contribution in [0.15, 0.2) is 29.2 Å². The van der Waals surface area contributed by atoms with Gasteiger partial charge in [0.2, 0.25) is 0 Å². The van der Waals surface area contributed by atoms with Crippen LogP contribution in [0.5, 0.6) is 0 Å². The Morgan fingerprint density at radius 3 is 2.14 bits per heavy atom. The van der Waals surface area contributed by atoms with Crippen LogP contribution in [0.25, 0.3) is 0 Å². The summed E-state index contributed by atoms with van der Waals surface area (Å²) in [5.41, 5.74) is 0.0751. The van der Waals surface area contributed by atoms with E-state index in [1.54, 1.807) is 12.1 Å². The lowest BCUT2D eigenvalue weighted by atomic mass is 9.69. The second kappa shape index (κ2) is 8.95. The third kappa shape index (κ3) is 5.35. The summed E-state index contributed by atoms with van der Waals surface area (Å²) in [6.45, 7) is 8.01. The van der Waals surface area contributed by atoms with E-state index in [0.717, 1.165) is 37.7 Å². The van der Waals surface area contributed by atoms with Gasteiger partial charge in [-0.2, -0.15) is 8.42 Å². The van der Waals surface area contributed by atoms with Gasteiger partial charge in [0.25, 0.3) is 10.1 Å². The molecule has 2 rings (SSSR count). The van der Waals surface area contributed by atoms with Crippen molar-refractivity contribution in [2.24, 2.45) is 5.41 Å². The zero-order valence-electron chi connectivity index (χ0n) is 17.8. The van der Waals surface area contributed by atoms with Crippen molar-refractivity contribution in [1.82, 2.24) is 0 Å². The molecule has 0 aromatic heterocycles. The molecular weight excluding hydrogens is 376 g/mol. The largest absolute Gasteiger partial charge is 0.469 e. The molecule has 1 fully saturated rings. The van der Waals surface area contributed by atoms with Crippen LogP contribution in [0.4, 0.5) is 0 Å². The number of ether oxygens (including phenoxy) is 1. The lowest BCUT2D eigenvalue weighted by molar-refractivity contribution is -0.153. The molecule has 28 heavy (non-hydrogen) atoms. The average Bonchev–Trinajstić information content (AvgIpc) is 2.67. The van der Waals surface area contributed by atoms with Crippen molar-refractivity contribution in [3.63, 3.8) is 0 Å². The molecule has 1 atom stereocenters. The van der Waals surface area contributed by atoms with Crippen molar-refractivity contribution in [3.8, 4) is 0 Å². The molecule has 0 radical (unpaired) electrons. The van der Waals surface area contributed by atoms with Crippen LogP contribution < -0.4 is 0 Å². The SMILES string of the molecule is CCC(C)(CC(C)(C)c1ccc(S(=O)(=O)OC2CCCCC2)cc1)C(=O)OC. The monoisotopic (exact) mass is 410 g/mol. The molecule has 0 aliphatic heterocycles. The first kappa shape index (κ1) is 22.9. The van der Waals surface area contributed by atoms with Gasteiger partial charge in [0.05, 0.1) is 23.5 Å². The standard InChI is InChI=1S/C22H34O5S/c1-6-22(4,20(23)26-5)16-21(2,3)17-12-14-19(15-13-17)28(24,25)27-18-10-8-7-9-11-18/h12-15,18H,6-11,16H2,1-5H3. The van der Waals surface area contributed by atoms with Crippen LogP contribution in [0, 0.1) is 5.41 Å². The zero-order valence-corrected chi connectivity index (χ0v) is 18.6. The summed E-state index contributed by atoms with van der Waals surface area (Å²) >= 11 is 0. The predicted octanol–water partition coefficient (Wildman–Crippen LogP) is 4.98. The van der Waals surface area contributed by atoms with Crippen molar-refractivity contribution >= 4 is 16.1 Å². The highest BCUT2D eigenvalue weighted by atomic mass is 32.2. The first-order valence-corrected chi connectivity index (χ1v) is 11.6. The van der Waals surface area contributed by atoms with Crippen LogP contribution in [0.3, 0.4) is 0 Å². The van der Waals surface area contributed by atoms with E-state index in [0.29, 0.717) is 12.8 Å². The summed E-state index contributed by atoms with van der Waals surface area (Å²) in [4.78, 5) is 12.4. The van der Waals surface area contributed by atoms with Gasteiger partial charge >= 0.3 is 5.97 Å². The highest BCUT2D eigenvalue weighted by Gasteiger charge is 2.39. The molecule has 1 unspecified atom stereocenters. The molecular formula is C22H34O5S. The molecule has 0 spiro atoms. The van der Waals surface area contributed by atoms with Gasteiger partial charge in [0.15, 0.2) is 0 Å². The van der Waals surface area contributed by atoms with E-state index in [1.807, 2.05) is 26.0 Å². The van der Waals surface area contributed by atoms with Gasteiger partial charge in [-0.25, -0.2) is 0 Å². The smallest absolute Gasteiger partial charge is 0.311 e. The quantitative estimate of drug-likeness (QED) is 0.446. The summed E-state index contributed by atoms with van der Waals surface area (Å²) < 4.78 is 35.6. The Kier molecular flexibility index (Phi) is 7.32. The highest BCUT2D eigenvalue weighted by molar-refractivity contribution is 7.86. The summed E-state index contributed by atoms with van der Waals surface area (Å²) in [6.07, 6.45) is 5.85. The van der Waals surface area contributed by atoms with E-state index in [9.17, 15) is 13.2 Å². The van der Waals surface area contributed by atoms with Gasteiger partial charge in [-0.05, 0) is 55.7 Å². The third-order valence-electron chi connectivity index (χ3n) is 6.03. The van der Waals surface area contributed by atoms with Crippen LogP contribution in [-0.2, 0) is 29.2 Å². The van der Waals surface area contributed by atoms with Crippen molar-refractivity contribution in [1.29, 1.82) is 0 Å². The minimum Gasteiger partial charge on any atom is -0.469 e. The molecule has 0 heterocycles. The fraction of sp³-hybridized carbons (Fsp3) is 0.682. The molecule has 0 N–H and O–H groups in total. The van der Waals surface area contributed by atoms with Gasteiger partial charge in [-0.1, -0.05) is 52.2 Å². The molecule has 0 saturated heterocycles. The molecule has 1 aliphatic rings. The van der Waals surface area contributed by atoms with Crippen LogP contribution in [-0.4, -0.2) is 27.6 Å². The second-order valence-corrected chi connectivity index (χ2v) is 10.4. The lowest BCUT2D eigenvalue weighted by Gasteiger charge is -2.35. The Bertz CT molecular complexity index is 761. The Balaban J connectivity index is 2.16.